The van der Waals surface area contributed by atoms with E-state index < -0.39 is 0 Å². The highest BCUT2D eigenvalue weighted by Crippen LogP contribution is 2.55. The predicted octanol–water partition coefficient (Wildman–Crippen LogP) is 3.78. The standard InChI is InChI=1S/C11H20/c1-4-6-7-11(8-9-11)10(3)5-2/h5,10H,2,4,6-9H2,1,3H3. The van der Waals surface area contributed by atoms with Crippen LogP contribution < -0.4 is 0 Å². The van der Waals surface area contributed by atoms with E-state index in [9.17, 15) is 0 Å². The molecule has 0 heteroatoms. The molecule has 0 N–H and O–H groups in total. The Balaban J connectivity index is 2.34. The van der Waals surface area contributed by atoms with Crippen LogP contribution in [0.5, 0.6) is 0 Å². The summed E-state index contributed by atoms with van der Waals surface area (Å²) in [7, 11) is 0. The van der Waals surface area contributed by atoms with E-state index >= 15 is 0 Å². The number of hydrogen-bond donors (Lipinski definition) is 0. The SMILES string of the molecule is C=CC(C)C1(CCCC)CC1. The third-order valence-electron chi connectivity index (χ3n) is 3.24. The van der Waals surface area contributed by atoms with Gasteiger partial charge in [-0.2, -0.15) is 0 Å². The Labute approximate surface area is 70.7 Å². The predicted molar refractivity (Wildman–Crippen MR) is 50.6 cm³/mol. The second-order valence-corrected chi connectivity index (χ2v) is 3.99. The average molecular weight is 152 g/mol. The van der Waals surface area contributed by atoms with Crippen molar-refractivity contribution >= 4 is 0 Å². The van der Waals surface area contributed by atoms with E-state index in [2.05, 4.69) is 26.5 Å². The molecular formula is C11H20. The molecule has 0 aromatic heterocycles. The van der Waals surface area contributed by atoms with Crippen LogP contribution in [0.3, 0.4) is 0 Å². The van der Waals surface area contributed by atoms with Crippen LogP contribution in [0, 0.1) is 11.3 Å². The highest BCUT2D eigenvalue weighted by atomic mass is 14.5. The third kappa shape index (κ3) is 1.85. The van der Waals surface area contributed by atoms with E-state index in [1.54, 1.807) is 0 Å². The van der Waals surface area contributed by atoms with Gasteiger partial charge in [0, 0.05) is 0 Å². The van der Waals surface area contributed by atoms with Crippen molar-refractivity contribution in [1.82, 2.24) is 0 Å². The fourth-order valence-corrected chi connectivity index (χ4v) is 1.87. The smallest absolute Gasteiger partial charge is 0.0208 e. The van der Waals surface area contributed by atoms with Gasteiger partial charge >= 0.3 is 0 Å². The van der Waals surface area contributed by atoms with Crippen molar-refractivity contribution in [2.24, 2.45) is 11.3 Å². The summed E-state index contributed by atoms with van der Waals surface area (Å²) in [6.07, 6.45) is 9.18. The van der Waals surface area contributed by atoms with Crippen LogP contribution >= 0.6 is 0 Å². The average Bonchev–Trinajstić information content (AvgIpc) is 2.80. The highest BCUT2D eigenvalue weighted by Gasteiger charge is 2.44. The zero-order valence-electron chi connectivity index (χ0n) is 7.90. The van der Waals surface area contributed by atoms with Gasteiger partial charge in [-0.05, 0) is 30.6 Å². The Morgan fingerprint density at radius 2 is 2.18 bits per heavy atom. The monoisotopic (exact) mass is 152 g/mol. The molecule has 1 aliphatic rings. The van der Waals surface area contributed by atoms with Gasteiger partial charge in [-0.15, -0.1) is 6.58 Å². The van der Waals surface area contributed by atoms with Crippen LogP contribution in [-0.2, 0) is 0 Å². The molecule has 0 heterocycles. The van der Waals surface area contributed by atoms with E-state index in [0.29, 0.717) is 5.41 Å². The summed E-state index contributed by atoms with van der Waals surface area (Å²) >= 11 is 0. The van der Waals surface area contributed by atoms with Gasteiger partial charge in [0.1, 0.15) is 0 Å². The van der Waals surface area contributed by atoms with E-state index in [-0.39, 0.29) is 0 Å². The summed E-state index contributed by atoms with van der Waals surface area (Å²) in [5, 5.41) is 0. The minimum atomic E-state index is 0.692. The maximum atomic E-state index is 3.87. The molecule has 1 saturated carbocycles. The van der Waals surface area contributed by atoms with Gasteiger partial charge < -0.3 is 0 Å². The molecule has 0 amide bonds. The van der Waals surface area contributed by atoms with Gasteiger partial charge in [-0.25, -0.2) is 0 Å². The summed E-state index contributed by atoms with van der Waals surface area (Å²) in [6.45, 7) is 8.46. The zero-order valence-corrected chi connectivity index (χ0v) is 7.90. The molecule has 1 fully saturated rings. The number of hydrogen-bond acceptors (Lipinski definition) is 0. The molecular weight excluding hydrogens is 132 g/mol. The Morgan fingerprint density at radius 3 is 2.55 bits per heavy atom. The lowest BCUT2D eigenvalue weighted by molar-refractivity contribution is 0.355. The fraction of sp³-hybridized carbons (Fsp3) is 0.818. The van der Waals surface area contributed by atoms with Gasteiger partial charge in [0.15, 0.2) is 0 Å². The normalized spacial score (nSPS) is 22.7. The van der Waals surface area contributed by atoms with Crippen LogP contribution in [0.25, 0.3) is 0 Å². The Kier molecular flexibility index (Phi) is 2.75. The lowest BCUT2D eigenvalue weighted by atomic mass is 9.86. The van der Waals surface area contributed by atoms with Gasteiger partial charge in [0.25, 0.3) is 0 Å². The van der Waals surface area contributed by atoms with Gasteiger partial charge in [-0.1, -0.05) is 32.8 Å². The topological polar surface area (TPSA) is 0 Å². The molecule has 0 aliphatic heterocycles. The summed E-state index contributed by atoms with van der Waals surface area (Å²) < 4.78 is 0. The maximum absolute atomic E-state index is 3.87. The number of allylic oxidation sites excluding steroid dienone is 1. The Hall–Kier alpha value is -0.260. The van der Waals surface area contributed by atoms with Crippen molar-refractivity contribution in [3.05, 3.63) is 12.7 Å². The Morgan fingerprint density at radius 1 is 1.55 bits per heavy atom. The highest BCUT2D eigenvalue weighted by molar-refractivity contribution is 5.02. The molecule has 11 heavy (non-hydrogen) atoms. The quantitative estimate of drug-likeness (QED) is 0.526. The van der Waals surface area contributed by atoms with Gasteiger partial charge in [0.2, 0.25) is 0 Å². The van der Waals surface area contributed by atoms with Crippen LogP contribution in [0.1, 0.15) is 46.0 Å². The first-order chi connectivity index (χ1) is 5.25. The van der Waals surface area contributed by atoms with Crippen molar-refractivity contribution in [3.63, 3.8) is 0 Å². The first-order valence-electron chi connectivity index (χ1n) is 4.88. The summed E-state index contributed by atoms with van der Waals surface area (Å²) in [5.74, 6) is 0.744. The van der Waals surface area contributed by atoms with E-state index in [1.807, 2.05) is 0 Å². The molecule has 0 aromatic rings. The van der Waals surface area contributed by atoms with E-state index in [1.165, 1.54) is 32.1 Å². The van der Waals surface area contributed by atoms with Crippen LogP contribution in [-0.4, -0.2) is 0 Å². The minimum Gasteiger partial charge on any atom is -0.103 e. The van der Waals surface area contributed by atoms with Crippen molar-refractivity contribution in [3.8, 4) is 0 Å². The van der Waals surface area contributed by atoms with E-state index in [0.717, 1.165) is 5.92 Å². The molecule has 1 atom stereocenters. The van der Waals surface area contributed by atoms with Gasteiger partial charge in [0.05, 0.1) is 0 Å². The molecule has 64 valence electrons. The lowest BCUT2D eigenvalue weighted by Crippen LogP contribution is -2.09. The van der Waals surface area contributed by atoms with Crippen molar-refractivity contribution < 1.29 is 0 Å². The molecule has 1 aliphatic carbocycles. The number of unbranched alkanes of at least 4 members (excludes halogenated alkanes) is 1. The van der Waals surface area contributed by atoms with Crippen molar-refractivity contribution in [2.45, 2.75) is 46.0 Å². The minimum absolute atomic E-state index is 0.692. The summed E-state index contributed by atoms with van der Waals surface area (Å²) in [5.41, 5.74) is 0.692. The second-order valence-electron chi connectivity index (χ2n) is 3.99. The molecule has 0 bridgehead atoms. The van der Waals surface area contributed by atoms with Crippen LogP contribution in [0.2, 0.25) is 0 Å². The molecule has 1 unspecified atom stereocenters. The largest absolute Gasteiger partial charge is 0.103 e. The second kappa shape index (κ2) is 3.42. The molecule has 0 aromatic carbocycles. The van der Waals surface area contributed by atoms with E-state index in [4.69, 9.17) is 0 Å². The molecule has 0 spiro atoms. The van der Waals surface area contributed by atoms with Crippen LogP contribution in [0.4, 0.5) is 0 Å². The number of rotatable bonds is 5. The third-order valence-corrected chi connectivity index (χ3v) is 3.24. The fourth-order valence-electron chi connectivity index (χ4n) is 1.87. The molecule has 0 radical (unpaired) electrons. The first kappa shape index (κ1) is 8.83. The van der Waals surface area contributed by atoms with Crippen molar-refractivity contribution in [2.75, 3.05) is 0 Å². The van der Waals surface area contributed by atoms with Crippen LogP contribution in [0.15, 0.2) is 12.7 Å². The Bertz CT molecular complexity index is 131. The zero-order chi connectivity index (χ0) is 8.32. The van der Waals surface area contributed by atoms with Crippen molar-refractivity contribution in [1.29, 1.82) is 0 Å². The summed E-state index contributed by atoms with van der Waals surface area (Å²) in [6, 6.07) is 0. The first-order valence-corrected chi connectivity index (χ1v) is 4.88. The summed E-state index contributed by atoms with van der Waals surface area (Å²) in [4.78, 5) is 0. The lowest BCUT2D eigenvalue weighted by Gasteiger charge is -2.19. The molecule has 1 rings (SSSR count). The van der Waals surface area contributed by atoms with Gasteiger partial charge in [-0.3, -0.25) is 0 Å². The maximum Gasteiger partial charge on any atom is -0.0208 e. The molecule has 0 nitrogen and oxygen atoms in total. The molecule has 0 saturated heterocycles.